The van der Waals surface area contributed by atoms with Gasteiger partial charge in [0.05, 0.1) is 6.10 Å². The topological polar surface area (TPSA) is 20.2 Å². The largest absolute Gasteiger partial charge is 0.393 e. The second kappa shape index (κ2) is 8.27. The van der Waals surface area contributed by atoms with Crippen molar-refractivity contribution >= 4 is 0 Å². The summed E-state index contributed by atoms with van der Waals surface area (Å²) in [5.74, 6) is 4.45. The monoisotopic (exact) mass is 410 g/mol. The van der Waals surface area contributed by atoms with Crippen LogP contribution in [-0.2, 0) is 0 Å². The summed E-state index contributed by atoms with van der Waals surface area (Å²) in [6, 6.07) is 0. The molecule has 4 aliphatic rings. The van der Waals surface area contributed by atoms with E-state index in [1.54, 1.807) is 5.57 Å². The molecule has 0 amide bonds. The lowest BCUT2D eigenvalue weighted by molar-refractivity contribution is 0.0382. The average Bonchev–Trinajstić information content (AvgIpc) is 3.06. The molecule has 168 valence electrons. The van der Waals surface area contributed by atoms with Crippen molar-refractivity contribution in [3.8, 4) is 0 Å². The number of aliphatic hydroxyl groups is 1. The van der Waals surface area contributed by atoms with E-state index < -0.39 is 0 Å². The number of hydrogen-bond donors (Lipinski definition) is 1. The average molecular weight is 411 g/mol. The minimum atomic E-state index is -0.116. The molecule has 3 saturated carbocycles. The van der Waals surface area contributed by atoms with Crippen molar-refractivity contribution in [2.24, 2.45) is 46.3 Å². The van der Waals surface area contributed by atoms with Crippen LogP contribution in [0.3, 0.4) is 0 Å². The first-order valence-electron chi connectivity index (χ1n) is 13.0. The van der Waals surface area contributed by atoms with Crippen LogP contribution in [0.2, 0.25) is 0 Å². The van der Waals surface area contributed by atoms with E-state index in [1.807, 2.05) is 0 Å². The van der Waals surface area contributed by atoms with E-state index in [0.29, 0.717) is 16.7 Å². The zero-order valence-corrected chi connectivity index (χ0v) is 20.5. The van der Waals surface area contributed by atoms with Crippen LogP contribution >= 0.6 is 0 Å². The molecule has 30 heavy (non-hydrogen) atoms. The normalized spacial score (nSPS) is 42.9. The predicted molar refractivity (Wildman–Crippen MR) is 128 cm³/mol. The van der Waals surface area contributed by atoms with Crippen molar-refractivity contribution in [2.45, 2.75) is 99.0 Å². The summed E-state index contributed by atoms with van der Waals surface area (Å²) < 4.78 is 0. The Hall–Kier alpha value is -0.820. The van der Waals surface area contributed by atoms with Gasteiger partial charge in [-0.3, -0.25) is 0 Å². The van der Waals surface area contributed by atoms with Gasteiger partial charge in [0.25, 0.3) is 0 Å². The first-order chi connectivity index (χ1) is 14.2. The quantitative estimate of drug-likeness (QED) is 0.460. The Morgan fingerprint density at radius 2 is 1.77 bits per heavy atom. The van der Waals surface area contributed by atoms with Gasteiger partial charge >= 0.3 is 0 Å². The summed E-state index contributed by atoms with van der Waals surface area (Å²) in [7, 11) is 0. The highest BCUT2D eigenvalue weighted by Crippen LogP contribution is 2.66. The molecule has 0 saturated heterocycles. The van der Waals surface area contributed by atoms with E-state index in [9.17, 15) is 5.11 Å². The van der Waals surface area contributed by atoms with Crippen molar-refractivity contribution in [3.63, 3.8) is 0 Å². The Labute approximate surface area is 186 Å². The molecule has 8 atom stereocenters. The molecule has 1 N–H and O–H groups in total. The third-order valence-electron chi connectivity index (χ3n) is 10.2. The lowest BCUT2D eigenvalue weighted by Gasteiger charge is -2.55. The van der Waals surface area contributed by atoms with Gasteiger partial charge in [0.15, 0.2) is 0 Å². The van der Waals surface area contributed by atoms with Gasteiger partial charge in [-0.15, -0.1) is 0 Å². The standard InChI is InChI=1S/C29H46O/c1-7-21(19(2)3)9-8-20(4)25-12-13-26-24-11-10-22-18-23(30)14-16-28(22,5)27(24)15-17-29(25,26)6/h8-11,19-21,23,25-27,30H,7,12-18H2,1-6H3/b9-8-/t20-,21+,23+,25+,26+,27+,28+,29+/m0/s1. The highest BCUT2D eigenvalue weighted by atomic mass is 16.3. The van der Waals surface area contributed by atoms with Crippen LogP contribution in [0.1, 0.15) is 92.9 Å². The van der Waals surface area contributed by atoms with E-state index in [0.717, 1.165) is 42.4 Å². The zero-order chi connectivity index (χ0) is 21.7. The summed E-state index contributed by atoms with van der Waals surface area (Å²) in [6.45, 7) is 14.7. The van der Waals surface area contributed by atoms with Gasteiger partial charge in [-0.05, 0) is 97.7 Å². The predicted octanol–water partition coefficient (Wildman–Crippen LogP) is 7.72. The maximum atomic E-state index is 10.2. The van der Waals surface area contributed by atoms with Crippen LogP contribution < -0.4 is 0 Å². The maximum Gasteiger partial charge on any atom is 0.0578 e. The Morgan fingerprint density at radius 3 is 2.47 bits per heavy atom. The third kappa shape index (κ3) is 3.58. The second-order valence-corrected chi connectivity index (χ2v) is 12.1. The fraction of sp³-hybridized carbons (Fsp3) is 0.793. The van der Waals surface area contributed by atoms with Crippen molar-refractivity contribution in [2.75, 3.05) is 0 Å². The summed E-state index contributed by atoms with van der Waals surface area (Å²) in [4.78, 5) is 0. The summed E-state index contributed by atoms with van der Waals surface area (Å²) in [6.07, 6.45) is 19.7. The zero-order valence-electron chi connectivity index (χ0n) is 20.5. The third-order valence-corrected chi connectivity index (χ3v) is 10.2. The van der Waals surface area contributed by atoms with E-state index >= 15 is 0 Å². The van der Waals surface area contributed by atoms with E-state index in [1.165, 1.54) is 44.1 Å². The minimum absolute atomic E-state index is 0.116. The Bertz CT molecular complexity index is 727. The lowest BCUT2D eigenvalue weighted by atomic mass is 9.50. The molecule has 0 aromatic carbocycles. The fourth-order valence-electron chi connectivity index (χ4n) is 8.17. The molecule has 0 aromatic heterocycles. The van der Waals surface area contributed by atoms with Crippen molar-refractivity contribution in [1.82, 2.24) is 0 Å². The number of fused-ring (bicyclic) bond motifs is 5. The fourth-order valence-corrected chi connectivity index (χ4v) is 8.17. The SMILES string of the molecule is CC[C@H](/C=C\[C@H](C)[C@H]1CC[C@@H]2C3=CC=C4C[C@H](O)CC[C@@]4(C)[C@@H]3CC[C@@]21C)C(C)C. The number of hydrogen-bond acceptors (Lipinski definition) is 1. The van der Waals surface area contributed by atoms with Gasteiger partial charge < -0.3 is 5.11 Å². The molecule has 4 rings (SSSR count). The molecular formula is C29H46O. The van der Waals surface area contributed by atoms with E-state index in [-0.39, 0.29) is 6.10 Å². The van der Waals surface area contributed by atoms with Crippen LogP contribution in [0.25, 0.3) is 0 Å². The Balaban J connectivity index is 1.56. The maximum absolute atomic E-state index is 10.2. The molecule has 0 aliphatic heterocycles. The van der Waals surface area contributed by atoms with E-state index in [2.05, 4.69) is 65.8 Å². The van der Waals surface area contributed by atoms with Gasteiger partial charge in [0.1, 0.15) is 0 Å². The first kappa shape index (κ1) is 22.4. The molecule has 4 aliphatic carbocycles. The van der Waals surface area contributed by atoms with Crippen LogP contribution in [0.15, 0.2) is 35.5 Å². The van der Waals surface area contributed by atoms with Gasteiger partial charge in [0, 0.05) is 0 Å². The van der Waals surface area contributed by atoms with Crippen LogP contribution in [-0.4, -0.2) is 11.2 Å². The van der Waals surface area contributed by atoms with Crippen LogP contribution in [0.5, 0.6) is 0 Å². The molecule has 1 nitrogen and oxygen atoms in total. The van der Waals surface area contributed by atoms with Gasteiger partial charge in [0.2, 0.25) is 0 Å². The highest BCUT2D eigenvalue weighted by molar-refractivity contribution is 5.39. The highest BCUT2D eigenvalue weighted by Gasteiger charge is 2.56. The van der Waals surface area contributed by atoms with Gasteiger partial charge in [-0.1, -0.05) is 77.0 Å². The molecule has 3 fully saturated rings. The van der Waals surface area contributed by atoms with Gasteiger partial charge in [-0.2, -0.15) is 0 Å². The molecular weight excluding hydrogens is 364 g/mol. The summed E-state index contributed by atoms with van der Waals surface area (Å²) in [5.41, 5.74) is 4.07. The van der Waals surface area contributed by atoms with Crippen molar-refractivity contribution in [3.05, 3.63) is 35.5 Å². The Morgan fingerprint density at radius 1 is 1.00 bits per heavy atom. The van der Waals surface area contributed by atoms with Gasteiger partial charge in [-0.25, -0.2) is 0 Å². The van der Waals surface area contributed by atoms with Crippen molar-refractivity contribution in [1.29, 1.82) is 0 Å². The first-order valence-corrected chi connectivity index (χ1v) is 13.0. The Kier molecular flexibility index (Phi) is 6.17. The summed E-state index contributed by atoms with van der Waals surface area (Å²) >= 11 is 0. The number of aliphatic hydroxyl groups excluding tert-OH is 1. The number of allylic oxidation sites excluding steroid dienone is 5. The molecule has 0 aromatic rings. The molecule has 0 unspecified atom stereocenters. The smallest absolute Gasteiger partial charge is 0.0578 e. The molecule has 0 bridgehead atoms. The summed E-state index contributed by atoms with van der Waals surface area (Å²) in [5, 5.41) is 10.2. The molecule has 0 radical (unpaired) electrons. The molecule has 0 heterocycles. The van der Waals surface area contributed by atoms with Crippen LogP contribution in [0, 0.1) is 46.3 Å². The van der Waals surface area contributed by atoms with E-state index in [4.69, 9.17) is 0 Å². The molecule has 0 spiro atoms. The number of rotatable bonds is 5. The molecule has 1 heteroatoms. The van der Waals surface area contributed by atoms with Crippen LogP contribution in [0.4, 0.5) is 0 Å². The second-order valence-electron chi connectivity index (χ2n) is 12.1. The minimum Gasteiger partial charge on any atom is -0.393 e. The lowest BCUT2D eigenvalue weighted by Crippen LogP contribution is -2.46. The van der Waals surface area contributed by atoms with Crippen molar-refractivity contribution < 1.29 is 5.11 Å².